The number of rotatable bonds is 10. The third-order valence-electron chi connectivity index (χ3n) is 5.38. The number of ether oxygens (including phenoxy) is 4. The minimum absolute atomic E-state index is 0.247. The number of likely N-dealkylation sites (N-methyl/N-ethyl adjacent to an activating group) is 1. The Hall–Kier alpha value is -3.80. The van der Waals surface area contributed by atoms with Crippen LogP contribution in [-0.4, -0.2) is 85.8 Å². The van der Waals surface area contributed by atoms with Gasteiger partial charge in [-0.25, -0.2) is 14.6 Å². The van der Waals surface area contributed by atoms with Crippen molar-refractivity contribution in [3.05, 3.63) is 40.8 Å². The van der Waals surface area contributed by atoms with Crippen molar-refractivity contribution in [1.29, 1.82) is 0 Å². The Morgan fingerprint density at radius 3 is 2.58 bits per heavy atom. The highest BCUT2D eigenvalue weighted by Crippen LogP contribution is 2.35. The zero-order valence-corrected chi connectivity index (χ0v) is 24.5. The second kappa shape index (κ2) is 14.6. The lowest BCUT2D eigenvalue weighted by atomic mass is 10.1. The van der Waals surface area contributed by atoms with Crippen LogP contribution < -0.4 is 10.1 Å². The molecule has 11 nitrogen and oxygen atoms in total. The molecule has 1 aliphatic heterocycles. The van der Waals surface area contributed by atoms with E-state index < -0.39 is 17.7 Å². The van der Waals surface area contributed by atoms with E-state index >= 15 is 0 Å². The van der Waals surface area contributed by atoms with E-state index in [1.165, 1.54) is 17.9 Å². The van der Waals surface area contributed by atoms with Crippen LogP contribution >= 0.6 is 0 Å². The standard InChI is InChI=1S/C27H36N4O7.CH3B/c1-8-36-25(33)20-11-16(2)29-21(20)12-19-18-13-23(28-14-22(18)30-24(19)32)37-17(3)15-35-10-9-31(7)26(34)38-27(4,5)6;1-2/h11-14,17,29H,8-10,15H2,1-7H3,(H,30,32);1H3/b19-12-;/t17-;/m0./s1. The van der Waals surface area contributed by atoms with Gasteiger partial charge in [0.25, 0.3) is 5.91 Å². The summed E-state index contributed by atoms with van der Waals surface area (Å²) in [6.45, 7) is 13.5. The van der Waals surface area contributed by atoms with Gasteiger partial charge in [-0.15, -0.1) is 0 Å². The van der Waals surface area contributed by atoms with Crippen molar-refractivity contribution >= 4 is 43.2 Å². The molecule has 2 amide bonds. The average Bonchev–Trinajstić information content (AvgIpc) is 3.40. The Balaban J connectivity index is 0.00000274. The first-order valence-corrected chi connectivity index (χ1v) is 13.0. The number of esters is 1. The number of aryl methyl sites for hydroxylation is 1. The maximum Gasteiger partial charge on any atom is 0.410 e. The van der Waals surface area contributed by atoms with Crippen LogP contribution in [0.1, 0.15) is 61.9 Å². The summed E-state index contributed by atoms with van der Waals surface area (Å²) < 4.78 is 22.0. The lowest BCUT2D eigenvalue weighted by Crippen LogP contribution is -2.36. The fourth-order valence-corrected chi connectivity index (χ4v) is 3.65. The van der Waals surface area contributed by atoms with E-state index in [-0.39, 0.29) is 25.2 Å². The number of fused-ring (bicyclic) bond motifs is 1. The Kier molecular flexibility index (Phi) is 11.8. The van der Waals surface area contributed by atoms with E-state index in [1.807, 2.05) is 34.6 Å². The molecule has 216 valence electrons. The highest BCUT2D eigenvalue weighted by atomic mass is 16.6. The molecule has 12 heteroatoms. The van der Waals surface area contributed by atoms with Crippen LogP contribution in [0.2, 0.25) is 6.82 Å². The van der Waals surface area contributed by atoms with Crippen molar-refractivity contribution in [3.63, 3.8) is 0 Å². The first-order valence-electron chi connectivity index (χ1n) is 13.0. The molecule has 40 heavy (non-hydrogen) atoms. The number of aromatic amines is 1. The van der Waals surface area contributed by atoms with Crippen LogP contribution in [0.5, 0.6) is 5.88 Å². The van der Waals surface area contributed by atoms with Gasteiger partial charge in [0.05, 0.1) is 56.4 Å². The molecule has 2 aromatic heterocycles. The van der Waals surface area contributed by atoms with Gasteiger partial charge in [0.2, 0.25) is 5.88 Å². The van der Waals surface area contributed by atoms with E-state index in [2.05, 4.69) is 23.1 Å². The molecule has 2 N–H and O–H groups in total. The van der Waals surface area contributed by atoms with Gasteiger partial charge in [0.1, 0.15) is 11.7 Å². The van der Waals surface area contributed by atoms with Crippen molar-refractivity contribution in [1.82, 2.24) is 14.9 Å². The summed E-state index contributed by atoms with van der Waals surface area (Å²) in [6, 6.07) is 3.36. The van der Waals surface area contributed by atoms with Crippen LogP contribution in [0.4, 0.5) is 10.5 Å². The maximum absolute atomic E-state index is 12.7. The molecule has 0 aliphatic carbocycles. The second-order valence-electron chi connectivity index (χ2n) is 9.99. The number of hydrogen-bond donors (Lipinski definition) is 2. The molecule has 0 spiro atoms. The third-order valence-corrected chi connectivity index (χ3v) is 5.38. The third kappa shape index (κ3) is 9.15. The Labute approximate surface area is 237 Å². The Morgan fingerprint density at radius 1 is 1.23 bits per heavy atom. The number of nitrogens with zero attached hydrogens (tertiary/aromatic N) is 2. The minimum Gasteiger partial charge on any atom is -0.472 e. The predicted octanol–water partition coefficient (Wildman–Crippen LogP) is 4.24. The van der Waals surface area contributed by atoms with Crippen molar-refractivity contribution in [3.8, 4) is 5.88 Å². The molecule has 1 aliphatic rings. The van der Waals surface area contributed by atoms with E-state index in [0.29, 0.717) is 47.1 Å². The molecular weight excluding hydrogens is 515 g/mol. The summed E-state index contributed by atoms with van der Waals surface area (Å²) in [5.74, 6) is -0.458. The van der Waals surface area contributed by atoms with Crippen LogP contribution in [0.25, 0.3) is 11.6 Å². The predicted molar refractivity (Wildman–Crippen MR) is 154 cm³/mol. The van der Waals surface area contributed by atoms with E-state index in [1.54, 1.807) is 32.2 Å². The van der Waals surface area contributed by atoms with Gasteiger partial charge in [-0.05, 0) is 53.7 Å². The molecular formula is C28H39BN4O7. The highest BCUT2D eigenvalue weighted by Gasteiger charge is 2.27. The van der Waals surface area contributed by atoms with Gasteiger partial charge in [0, 0.05) is 30.9 Å². The average molecular weight is 554 g/mol. The molecule has 0 fully saturated rings. The van der Waals surface area contributed by atoms with Crippen LogP contribution in [0.3, 0.4) is 0 Å². The van der Waals surface area contributed by atoms with Gasteiger partial charge in [0.15, 0.2) is 0 Å². The number of hydrogen-bond acceptors (Lipinski definition) is 8. The highest BCUT2D eigenvalue weighted by molar-refractivity contribution is 6.35. The fraction of sp³-hybridized carbons (Fsp3) is 0.500. The van der Waals surface area contributed by atoms with Gasteiger partial charge in [-0.1, -0.05) is 6.82 Å². The number of carbonyl (C=O) groups is 3. The maximum atomic E-state index is 12.7. The zero-order chi connectivity index (χ0) is 30.0. The number of anilines is 1. The topological polar surface area (TPSA) is 132 Å². The lowest BCUT2D eigenvalue weighted by molar-refractivity contribution is -0.110. The first-order chi connectivity index (χ1) is 18.9. The van der Waals surface area contributed by atoms with Gasteiger partial charge >= 0.3 is 12.1 Å². The van der Waals surface area contributed by atoms with Gasteiger partial charge in [-0.3, -0.25) is 4.79 Å². The lowest BCUT2D eigenvalue weighted by Gasteiger charge is -2.24. The van der Waals surface area contributed by atoms with Crippen molar-refractivity contribution < 1.29 is 33.3 Å². The normalized spacial score (nSPS) is 14.0. The summed E-state index contributed by atoms with van der Waals surface area (Å²) >= 11 is 0. The van der Waals surface area contributed by atoms with Crippen LogP contribution in [0, 0.1) is 6.92 Å². The van der Waals surface area contributed by atoms with Crippen LogP contribution in [-0.2, 0) is 19.0 Å². The quantitative estimate of drug-likeness (QED) is 0.193. The molecule has 3 heterocycles. The summed E-state index contributed by atoms with van der Waals surface area (Å²) in [5, 5.41) is 2.78. The SMILES string of the molecule is CCOC(=O)c1cc(C)[nH]c1/C=C1\C(=O)Nc2cnc(O[C@@H](C)COCCN(C)C(=O)OC(C)(C)C)cc21.[B]C. The van der Waals surface area contributed by atoms with Crippen molar-refractivity contribution in [2.45, 2.75) is 60.1 Å². The number of carbonyl (C=O) groups excluding carboxylic acids is 3. The molecule has 3 rings (SSSR count). The van der Waals surface area contributed by atoms with Gasteiger partial charge in [-0.2, -0.15) is 0 Å². The molecule has 0 aromatic carbocycles. The van der Waals surface area contributed by atoms with E-state index in [4.69, 9.17) is 18.9 Å². The first kappa shape index (κ1) is 32.4. The zero-order valence-electron chi connectivity index (χ0n) is 24.5. The molecule has 0 saturated carbocycles. The molecule has 0 bridgehead atoms. The largest absolute Gasteiger partial charge is 0.472 e. The summed E-state index contributed by atoms with van der Waals surface area (Å²) in [4.78, 5) is 45.9. The fourth-order valence-electron chi connectivity index (χ4n) is 3.65. The monoisotopic (exact) mass is 554 g/mol. The number of nitrogens with one attached hydrogen (secondary N) is 2. The molecule has 0 saturated heterocycles. The Bertz CT molecular complexity index is 1220. The number of amides is 2. The van der Waals surface area contributed by atoms with Gasteiger partial charge < -0.3 is 34.1 Å². The number of aromatic nitrogens is 2. The molecule has 2 radical (unpaired) electrons. The second-order valence-corrected chi connectivity index (χ2v) is 9.99. The Morgan fingerprint density at radius 2 is 1.93 bits per heavy atom. The summed E-state index contributed by atoms with van der Waals surface area (Å²) in [5.41, 5.74) is 2.56. The minimum atomic E-state index is -0.559. The summed E-state index contributed by atoms with van der Waals surface area (Å²) in [7, 11) is 6.15. The van der Waals surface area contributed by atoms with E-state index in [9.17, 15) is 14.4 Å². The molecule has 0 unspecified atom stereocenters. The van der Waals surface area contributed by atoms with E-state index in [0.717, 1.165) is 5.69 Å². The molecule has 1 atom stereocenters. The van der Waals surface area contributed by atoms with Crippen molar-refractivity contribution in [2.24, 2.45) is 0 Å². The van der Waals surface area contributed by atoms with Crippen molar-refractivity contribution in [2.75, 3.05) is 38.7 Å². The number of pyridine rings is 1. The number of H-pyrrole nitrogens is 1. The smallest absolute Gasteiger partial charge is 0.410 e. The van der Waals surface area contributed by atoms with Crippen LogP contribution in [0.15, 0.2) is 18.3 Å². The summed E-state index contributed by atoms with van der Waals surface area (Å²) in [6.07, 6.45) is 2.40. The molecule has 2 aromatic rings.